The van der Waals surface area contributed by atoms with E-state index < -0.39 is 17.3 Å². The fraction of sp³-hybridized carbons (Fsp3) is 0.256. The number of halogens is 1. The molecule has 0 atom stereocenters. The molecule has 0 saturated heterocycles. The van der Waals surface area contributed by atoms with Gasteiger partial charge in [-0.25, -0.2) is 9.18 Å². The van der Waals surface area contributed by atoms with E-state index in [1.54, 1.807) is 30.5 Å². The molecular formula is C43H42FN5O6. The third-order valence-electron chi connectivity index (χ3n) is 9.07. The standard InChI is InChI=1S/C43H42FN5O6/c1-27-7-3-12-39(48-27)42-35(9-4-8-32(49-42)25-46-38-11-5-10-36(41(38)44)43(52)53)30-16-19-37-31(23-30)24-34(26-47-37)55-22-20-45-40(51)13-6-21-54-33-17-14-29(15-18-33)28(2)50/h3,5,7,10-12,14-19,23-24,26,46H,4,6,8-9,13,20-22,25H2,1-2H3,(H,45,51)(H,52,53). The molecule has 3 heterocycles. The van der Waals surface area contributed by atoms with Crippen LogP contribution in [0.4, 0.5) is 10.1 Å². The summed E-state index contributed by atoms with van der Waals surface area (Å²) >= 11 is 0. The van der Waals surface area contributed by atoms with Gasteiger partial charge in [0.25, 0.3) is 0 Å². The predicted octanol–water partition coefficient (Wildman–Crippen LogP) is 7.94. The number of Topliss-reactive ketones (excluding diaryl/α,β-unsaturated/α-hetero) is 1. The van der Waals surface area contributed by atoms with Crippen LogP contribution >= 0.6 is 0 Å². The second-order valence-corrected chi connectivity index (χ2v) is 13.2. The Labute approximate surface area is 318 Å². The summed E-state index contributed by atoms with van der Waals surface area (Å²) in [4.78, 5) is 49.7. The van der Waals surface area contributed by atoms with Crippen LogP contribution in [0, 0.1) is 12.7 Å². The molecule has 11 nitrogen and oxygen atoms in total. The van der Waals surface area contributed by atoms with Crippen LogP contribution in [-0.2, 0) is 4.79 Å². The van der Waals surface area contributed by atoms with Crippen LogP contribution in [0.3, 0.4) is 0 Å². The van der Waals surface area contributed by atoms with E-state index in [0.717, 1.165) is 57.7 Å². The van der Waals surface area contributed by atoms with Crippen molar-refractivity contribution in [1.82, 2.24) is 15.3 Å². The number of aryl methyl sites for hydroxylation is 1. The van der Waals surface area contributed by atoms with Crippen molar-refractivity contribution >= 4 is 51.2 Å². The van der Waals surface area contributed by atoms with Gasteiger partial charge in [0, 0.05) is 28.8 Å². The Morgan fingerprint density at radius 3 is 2.49 bits per heavy atom. The summed E-state index contributed by atoms with van der Waals surface area (Å²) in [5.41, 5.74) is 6.20. The minimum Gasteiger partial charge on any atom is -0.494 e. The van der Waals surface area contributed by atoms with Gasteiger partial charge < -0.3 is 25.2 Å². The molecule has 12 heteroatoms. The molecule has 0 unspecified atom stereocenters. The number of nitrogens with zero attached hydrogens (tertiary/aromatic N) is 3. The molecule has 1 aliphatic heterocycles. The summed E-state index contributed by atoms with van der Waals surface area (Å²) in [6, 6.07) is 25.0. The number of carbonyl (C=O) groups is 3. The van der Waals surface area contributed by atoms with Gasteiger partial charge in [-0.15, -0.1) is 0 Å². The molecule has 5 aromatic rings. The summed E-state index contributed by atoms with van der Waals surface area (Å²) in [7, 11) is 0. The number of aliphatic imine (C=N–C) groups is 1. The minimum atomic E-state index is -1.33. The first-order valence-electron chi connectivity index (χ1n) is 18.2. The third kappa shape index (κ3) is 10.2. The number of rotatable bonds is 16. The van der Waals surface area contributed by atoms with Gasteiger partial charge >= 0.3 is 5.97 Å². The van der Waals surface area contributed by atoms with Crippen molar-refractivity contribution in [3.05, 3.63) is 125 Å². The van der Waals surface area contributed by atoms with Crippen LogP contribution in [0.25, 0.3) is 22.2 Å². The number of ketones is 1. The van der Waals surface area contributed by atoms with Crippen molar-refractivity contribution in [1.29, 1.82) is 0 Å². The van der Waals surface area contributed by atoms with Crippen molar-refractivity contribution < 1.29 is 33.4 Å². The van der Waals surface area contributed by atoms with E-state index in [-0.39, 0.29) is 30.5 Å². The monoisotopic (exact) mass is 743 g/mol. The quantitative estimate of drug-likeness (QED) is 0.0676. The number of benzene rings is 3. The fourth-order valence-electron chi connectivity index (χ4n) is 6.23. The van der Waals surface area contributed by atoms with E-state index in [1.807, 2.05) is 43.3 Å². The molecule has 0 fully saturated rings. The maximum absolute atomic E-state index is 14.9. The number of allylic oxidation sites excluding steroid dienone is 1. The van der Waals surface area contributed by atoms with E-state index in [4.69, 9.17) is 19.5 Å². The fourth-order valence-corrected chi connectivity index (χ4v) is 6.23. The second-order valence-electron chi connectivity index (χ2n) is 13.2. The summed E-state index contributed by atoms with van der Waals surface area (Å²) in [5, 5.41) is 16.1. The van der Waals surface area contributed by atoms with Crippen LogP contribution in [0.5, 0.6) is 11.5 Å². The summed E-state index contributed by atoms with van der Waals surface area (Å²) in [6.45, 7) is 4.65. The molecule has 0 radical (unpaired) electrons. The number of nitrogens with one attached hydrogen (secondary N) is 2. The summed E-state index contributed by atoms with van der Waals surface area (Å²) < 4.78 is 26.5. The number of anilines is 1. The Morgan fingerprint density at radius 1 is 0.909 bits per heavy atom. The Bertz CT molecular complexity index is 2270. The number of pyridine rings is 2. The van der Waals surface area contributed by atoms with E-state index in [2.05, 4.69) is 21.7 Å². The molecule has 0 aliphatic carbocycles. The lowest BCUT2D eigenvalue weighted by atomic mass is 9.96. The first kappa shape index (κ1) is 38.3. The molecule has 3 aromatic carbocycles. The lowest BCUT2D eigenvalue weighted by Gasteiger charge is -2.13. The second kappa shape index (κ2) is 18.1. The van der Waals surface area contributed by atoms with Gasteiger partial charge in [-0.3, -0.25) is 24.5 Å². The molecular weight excluding hydrogens is 702 g/mol. The van der Waals surface area contributed by atoms with E-state index in [0.29, 0.717) is 49.5 Å². The largest absolute Gasteiger partial charge is 0.494 e. The summed E-state index contributed by atoms with van der Waals surface area (Å²) in [6.07, 6.45) is 4.68. The Hall–Kier alpha value is -6.43. The predicted molar refractivity (Wildman–Crippen MR) is 210 cm³/mol. The molecule has 1 amide bonds. The zero-order valence-electron chi connectivity index (χ0n) is 30.7. The third-order valence-corrected chi connectivity index (χ3v) is 9.07. The van der Waals surface area contributed by atoms with Gasteiger partial charge in [-0.05, 0) is 117 Å². The Kier molecular flexibility index (Phi) is 12.6. The first-order valence-corrected chi connectivity index (χ1v) is 18.2. The lowest BCUT2D eigenvalue weighted by Crippen LogP contribution is -2.28. The highest BCUT2D eigenvalue weighted by Gasteiger charge is 2.20. The highest BCUT2D eigenvalue weighted by Crippen LogP contribution is 2.35. The maximum atomic E-state index is 14.9. The maximum Gasteiger partial charge on any atom is 0.338 e. The number of hydrogen-bond acceptors (Lipinski definition) is 9. The molecule has 0 saturated carbocycles. The van der Waals surface area contributed by atoms with Crippen LogP contribution in [-0.4, -0.2) is 64.7 Å². The van der Waals surface area contributed by atoms with Crippen molar-refractivity contribution in [3.8, 4) is 11.5 Å². The van der Waals surface area contributed by atoms with Gasteiger partial charge in [0.05, 0.1) is 54.1 Å². The smallest absolute Gasteiger partial charge is 0.338 e. The van der Waals surface area contributed by atoms with Crippen molar-refractivity contribution in [3.63, 3.8) is 0 Å². The molecule has 55 heavy (non-hydrogen) atoms. The van der Waals surface area contributed by atoms with Crippen LogP contribution in [0.1, 0.15) is 76.7 Å². The zero-order chi connectivity index (χ0) is 38.7. The number of carboxylic acid groups (broad SMARTS) is 1. The van der Waals surface area contributed by atoms with Gasteiger partial charge in [0.2, 0.25) is 5.91 Å². The highest BCUT2D eigenvalue weighted by atomic mass is 19.1. The molecule has 6 rings (SSSR count). The topological polar surface area (TPSA) is 152 Å². The van der Waals surface area contributed by atoms with E-state index in [1.165, 1.54) is 25.1 Å². The lowest BCUT2D eigenvalue weighted by molar-refractivity contribution is -0.121. The van der Waals surface area contributed by atoms with Crippen molar-refractivity contribution in [2.75, 3.05) is 31.6 Å². The number of fused-ring (bicyclic) bond motifs is 1. The Balaban J connectivity index is 1.10. The number of carboxylic acids is 1. The minimum absolute atomic E-state index is 0.00444. The number of aromatic carboxylic acids is 1. The summed E-state index contributed by atoms with van der Waals surface area (Å²) in [5.74, 6) is -1.02. The van der Waals surface area contributed by atoms with Crippen molar-refractivity contribution in [2.45, 2.75) is 46.0 Å². The average Bonchev–Trinajstić information content (AvgIpc) is 3.40. The van der Waals surface area contributed by atoms with Crippen molar-refractivity contribution in [2.24, 2.45) is 4.99 Å². The normalized spacial score (nSPS) is 12.8. The first-order chi connectivity index (χ1) is 26.6. The number of carbonyl (C=O) groups excluding carboxylic acids is 2. The number of hydrogen-bond donors (Lipinski definition) is 3. The van der Waals surface area contributed by atoms with Crippen LogP contribution in [0.2, 0.25) is 0 Å². The number of aromatic nitrogens is 2. The van der Waals surface area contributed by atoms with Gasteiger partial charge in [0.15, 0.2) is 11.6 Å². The Morgan fingerprint density at radius 2 is 1.71 bits per heavy atom. The van der Waals surface area contributed by atoms with Gasteiger partial charge in [-0.1, -0.05) is 18.2 Å². The van der Waals surface area contributed by atoms with Crippen LogP contribution in [0.15, 0.2) is 96.1 Å². The SMILES string of the molecule is CC(=O)c1ccc(OCCCC(=O)NCCOc2cnc3ccc(C4=C(c5cccc(C)n5)N=C(CNc5cccc(C(=O)O)c5F)CCC4)cc3c2)cc1. The van der Waals surface area contributed by atoms with Crippen LogP contribution < -0.4 is 20.1 Å². The number of amides is 1. The molecule has 2 aromatic heterocycles. The molecule has 0 bridgehead atoms. The number of ether oxygens (including phenoxy) is 2. The highest BCUT2D eigenvalue weighted by molar-refractivity contribution is 6.01. The molecule has 282 valence electrons. The van der Waals surface area contributed by atoms with Gasteiger partial charge in [-0.2, -0.15) is 0 Å². The van der Waals surface area contributed by atoms with E-state index in [9.17, 15) is 23.9 Å². The zero-order valence-corrected chi connectivity index (χ0v) is 30.7. The molecule has 1 aliphatic rings. The average molecular weight is 744 g/mol. The molecule has 0 spiro atoms. The molecule has 3 N–H and O–H groups in total. The van der Waals surface area contributed by atoms with E-state index >= 15 is 0 Å². The van der Waals surface area contributed by atoms with Gasteiger partial charge in [0.1, 0.15) is 18.1 Å².